The molecule has 1 aromatic rings. The van der Waals surface area contributed by atoms with Crippen LogP contribution in [0.4, 0.5) is 0 Å². The second-order valence-electron chi connectivity index (χ2n) is 5.26. The lowest BCUT2D eigenvalue weighted by molar-refractivity contribution is -0.135. The molecule has 0 bridgehead atoms. The molecule has 1 aliphatic carbocycles. The van der Waals surface area contributed by atoms with Crippen molar-refractivity contribution in [2.45, 2.75) is 57.7 Å². The Morgan fingerprint density at radius 3 is 2.74 bits per heavy atom. The Kier molecular flexibility index (Phi) is 4.90. The SMILES string of the molecule is CCCN(C(=O)Cn1ccnn1)C1CCC(N)CC1. The normalized spacial score (nSPS) is 23.3. The van der Waals surface area contributed by atoms with E-state index in [1.165, 1.54) is 0 Å². The lowest BCUT2D eigenvalue weighted by Crippen LogP contribution is -2.45. The first-order valence-corrected chi connectivity index (χ1v) is 7.10. The Morgan fingerprint density at radius 1 is 1.42 bits per heavy atom. The van der Waals surface area contributed by atoms with E-state index in [-0.39, 0.29) is 12.5 Å². The van der Waals surface area contributed by atoms with Crippen molar-refractivity contribution in [3.63, 3.8) is 0 Å². The van der Waals surface area contributed by atoms with E-state index in [9.17, 15) is 4.79 Å². The molecule has 0 atom stereocenters. The maximum absolute atomic E-state index is 12.4. The van der Waals surface area contributed by atoms with Crippen LogP contribution in [0, 0.1) is 0 Å². The Labute approximate surface area is 113 Å². The lowest BCUT2D eigenvalue weighted by Gasteiger charge is -2.36. The first-order chi connectivity index (χ1) is 9.20. The van der Waals surface area contributed by atoms with Gasteiger partial charge in [0.25, 0.3) is 0 Å². The van der Waals surface area contributed by atoms with Crippen LogP contribution in [0.25, 0.3) is 0 Å². The van der Waals surface area contributed by atoms with Crippen LogP contribution in [0.15, 0.2) is 12.4 Å². The minimum atomic E-state index is 0.132. The molecule has 1 heterocycles. The van der Waals surface area contributed by atoms with Crippen molar-refractivity contribution in [1.29, 1.82) is 0 Å². The van der Waals surface area contributed by atoms with Crippen LogP contribution in [0.5, 0.6) is 0 Å². The monoisotopic (exact) mass is 265 g/mol. The molecule has 1 aromatic heterocycles. The van der Waals surface area contributed by atoms with Crippen molar-refractivity contribution in [2.24, 2.45) is 5.73 Å². The number of amides is 1. The molecule has 0 aliphatic heterocycles. The van der Waals surface area contributed by atoms with Crippen molar-refractivity contribution in [3.05, 3.63) is 12.4 Å². The molecule has 2 rings (SSSR count). The van der Waals surface area contributed by atoms with E-state index in [0.29, 0.717) is 12.1 Å². The van der Waals surface area contributed by atoms with Gasteiger partial charge in [-0.2, -0.15) is 0 Å². The molecule has 0 unspecified atom stereocenters. The summed E-state index contributed by atoms with van der Waals surface area (Å²) >= 11 is 0. The van der Waals surface area contributed by atoms with E-state index < -0.39 is 0 Å². The molecule has 1 amide bonds. The van der Waals surface area contributed by atoms with Gasteiger partial charge in [-0.25, -0.2) is 4.68 Å². The van der Waals surface area contributed by atoms with E-state index in [2.05, 4.69) is 17.2 Å². The van der Waals surface area contributed by atoms with Gasteiger partial charge in [0, 0.05) is 24.8 Å². The number of carbonyl (C=O) groups excluding carboxylic acids is 1. The van der Waals surface area contributed by atoms with Gasteiger partial charge < -0.3 is 10.6 Å². The summed E-state index contributed by atoms with van der Waals surface area (Å²) in [6.45, 7) is 3.19. The average Bonchev–Trinajstić information content (AvgIpc) is 2.90. The molecule has 6 nitrogen and oxygen atoms in total. The van der Waals surface area contributed by atoms with Crippen LogP contribution in [-0.4, -0.2) is 44.4 Å². The highest BCUT2D eigenvalue weighted by molar-refractivity contribution is 5.76. The summed E-state index contributed by atoms with van der Waals surface area (Å²) in [5, 5.41) is 7.58. The zero-order chi connectivity index (χ0) is 13.7. The Bertz CT molecular complexity index is 384. The first-order valence-electron chi connectivity index (χ1n) is 7.10. The fourth-order valence-electron chi connectivity index (χ4n) is 2.71. The highest BCUT2D eigenvalue weighted by Crippen LogP contribution is 2.22. The maximum atomic E-state index is 12.4. The summed E-state index contributed by atoms with van der Waals surface area (Å²) in [7, 11) is 0. The molecular weight excluding hydrogens is 242 g/mol. The Hall–Kier alpha value is -1.43. The summed E-state index contributed by atoms with van der Waals surface area (Å²) in [6.07, 6.45) is 8.36. The van der Waals surface area contributed by atoms with E-state index in [1.54, 1.807) is 17.1 Å². The van der Waals surface area contributed by atoms with E-state index in [1.807, 2.05) is 4.90 Å². The van der Waals surface area contributed by atoms with Crippen LogP contribution in [0.3, 0.4) is 0 Å². The van der Waals surface area contributed by atoms with Gasteiger partial charge in [-0.3, -0.25) is 4.79 Å². The molecule has 106 valence electrons. The molecule has 1 fully saturated rings. The average molecular weight is 265 g/mol. The smallest absolute Gasteiger partial charge is 0.244 e. The zero-order valence-electron chi connectivity index (χ0n) is 11.5. The van der Waals surface area contributed by atoms with Gasteiger partial charge in [-0.05, 0) is 32.1 Å². The molecule has 0 saturated heterocycles. The summed E-state index contributed by atoms with van der Waals surface area (Å²) in [4.78, 5) is 14.4. The predicted octanol–water partition coefficient (Wildman–Crippen LogP) is 0.787. The second kappa shape index (κ2) is 6.65. The first kappa shape index (κ1) is 14.0. The predicted molar refractivity (Wildman–Crippen MR) is 72.3 cm³/mol. The van der Waals surface area contributed by atoms with Crippen molar-refractivity contribution in [1.82, 2.24) is 19.9 Å². The third kappa shape index (κ3) is 3.76. The van der Waals surface area contributed by atoms with Crippen LogP contribution in [-0.2, 0) is 11.3 Å². The fraction of sp³-hybridized carbons (Fsp3) is 0.769. The van der Waals surface area contributed by atoms with Crippen LogP contribution in [0.2, 0.25) is 0 Å². The summed E-state index contributed by atoms with van der Waals surface area (Å²) in [5.74, 6) is 0.132. The lowest BCUT2D eigenvalue weighted by atomic mass is 9.90. The quantitative estimate of drug-likeness (QED) is 0.853. The van der Waals surface area contributed by atoms with Gasteiger partial charge in [0.2, 0.25) is 5.91 Å². The summed E-state index contributed by atoms with van der Waals surface area (Å²) in [6, 6.07) is 0.654. The number of rotatable bonds is 5. The Morgan fingerprint density at radius 2 is 2.16 bits per heavy atom. The topological polar surface area (TPSA) is 77.0 Å². The third-order valence-corrected chi connectivity index (χ3v) is 3.74. The number of nitrogens with two attached hydrogens (primary N) is 1. The van der Waals surface area contributed by atoms with E-state index in [4.69, 9.17) is 5.73 Å². The molecule has 0 spiro atoms. The van der Waals surface area contributed by atoms with Gasteiger partial charge in [0.15, 0.2) is 0 Å². The van der Waals surface area contributed by atoms with Crippen molar-refractivity contribution >= 4 is 5.91 Å². The third-order valence-electron chi connectivity index (χ3n) is 3.74. The van der Waals surface area contributed by atoms with Crippen LogP contribution in [0.1, 0.15) is 39.0 Å². The zero-order valence-corrected chi connectivity index (χ0v) is 11.5. The molecule has 1 saturated carbocycles. The summed E-state index contributed by atoms with van der Waals surface area (Å²) < 4.78 is 1.58. The standard InChI is InChI=1S/C13H23N5O/c1-2-8-18(12-5-3-11(14)4-6-12)13(19)10-17-9-7-15-16-17/h7,9,11-12H,2-6,8,10,14H2,1H3. The van der Waals surface area contributed by atoms with Crippen LogP contribution < -0.4 is 5.73 Å². The maximum Gasteiger partial charge on any atom is 0.244 e. The number of hydrogen-bond acceptors (Lipinski definition) is 4. The van der Waals surface area contributed by atoms with Gasteiger partial charge in [-0.1, -0.05) is 12.1 Å². The summed E-state index contributed by atoms with van der Waals surface area (Å²) in [5.41, 5.74) is 5.93. The van der Waals surface area contributed by atoms with Crippen molar-refractivity contribution in [2.75, 3.05) is 6.54 Å². The van der Waals surface area contributed by atoms with Gasteiger partial charge in [0.05, 0.1) is 6.20 Å². The number of nitrogens with zero attached hydrogens (tertiary/aromatic N) is 4. The highest BCUT2D eigenvalue weighted by atomic mass is 16.2. The van der Waals surface area contributed by atoms with E-state index >= 15 is 0 Å². The van der Waals surface area contributed by atoms with Crippen LogP contribution >= 0.6 is 0 Å². The fourth-order valence-corrected chi connectivity index (χ4v) is 2.71. The second-order valence-corrected chi connectivity index (χ2v) is 5.26. The van der Waals surface area contributed by atoms with Gasteiger partial charge in [0.1, 0.15) is 6.54 Å². The van der Waals surface area contributed by atoms with Gasteiger partial charge >= 0.3 is 0 Å². The number of carbonyl (C=O) groups is 1. The van der Waals surface area contributed by atoms with Gasteiger partial charge in [-0.15, -0.1) is 5.10 Å². The number of hydrogen-bond donors (Lipinski definition) is 1. The molecule has 0 aromatic carbocycles. The molecule has 6 heteroatoms. The van der Waals surface area contributed by atoms with E-state index in [0.717, 1.165) is 38.6 Å². The van der Waals surface area contributed by atoms with Crippen molar-refractivity contribution < 1.29 is 4.79 Å². The highest BCUT2D eigenvalue weighted by Gasteiger charge is 2.27. The minimum Gasteiger partial charge on any atom is -0.338 e. The molecular formula is C13H23N5O. The molecule has 2 N–H and O–H groups in total. The molecule has 0 radical (unpaired) electrons. The minimum absolute atomic E-state index is 0.132. The number of aromatic nitrogens is 3. The van der Waals surface area contributed by atoms with Crippen molar-refractivity contribution in [3.8, 4) is 0 Å². The largest absolute Gasteiger partial charge is 0.338 e. The molecule has 1 aliphatic rings. The molecule has 19 heavy (non-hydrogen) atoms. The Balaban J connectivity index is 1.96.